The van der Waals surface area contributed by atoms with Crippen molar-refractivity contribution < 1.29 is 9.84 Å². The van der Waals surface area contributed by atoms with E-state index in [2.05, 4.69) is 45.0 Å². The quantitative estimate of drug-likeness (QED) is 0.869. The Kier molecular flexibility index (Phi) is 4.52. The highest BCUT2D eigenvalue weighted by atomic mass is 16.5. The number of ether oxygens (including phenoxy) is 1. The number of hydrogen-bond donors (Lipinski definition) is 2. The van der Waals surface area contributed by atoms with Crippen molar-refractivity contribution in [3.05, 3.63) is 35.4 Å². The molecule has 0 amide bonds. The Morgan fingerprint density at radius 3 is 2.45 bits per heavy atom. The van der Waals surface area contributed by atoms with E-state index in [1.807, 2.05) is 0 Å². The molecule has 0 bridgehead atoms. The van der Waals surface area contributed by atoms with E-state index in [1.54, 1.807) is 0 Å². The van der Waals surface area contributed by atoms with Gasteiger partial charge < -0.3 is 15.6 Å². The summed E-state index contributed by atoms with van der Waals surface area (Å²) in [6.45, 7) is 6.82. The van der Waals surface area contributed by atoms with Gasteiger partial charge in [0.05, 0.1) is 18.3 Å². The van der Waals surface area contributed by atoms with Crippen LogP contribution in [0, 0.1) is 6.92 Å². The molecule has 1 heterocycles. The lowest BCUT2D eigenvalue weighted by atomic mass is 9.76. The summed E-state index contributed by atoms with van der Waals surface area (Å²) in [7, 11) is 0. The first-order valence-electron chi connectivity index (χ1n) is 7.47. The molecule has 2 rings (SSSR count). The maximum atomic E-state index is 9.95. The summed E-state index contributed by atoms with van der Waals surface area (Å²) in [5.74, 6) is 0. The summed E-state index contributed by atoms with van der Waals surface area (Å²) in [4.78, 5) is 0. The van der Waals surface area contributed by atoms with E-state index in [0.717, 1.165) is 24.8 Å². The number of aliphatic hydroxyl groups is 1. The number of aryl methyl sites for hydroxylation is 1. The second kappa shape index (κ2) is 5.84. The molecule has 2 unspecified atom stereocenters. The second-order valence-corrected chi connectivity index (χ2v) is 6.75. The maximum absolute atomic E-state index is 9.95. The third-order valence-corrected chi connectivity index (χ3v) is 4.53. The molecule has 1 aliphatic rings. The molecule has 0 aromatic heterocycles. The van der Waals surface area contributed by atoms with E-state index in [0.29, 0.717) is 6.54 Å². The summed E-state index contributed by atoms with van der Waals surface area (Å²) in [5, 5.41) is 9.95. The first-order valence-corrected chi connectivity index (χ1v) is 7.47. The van der Waals surface area contributed by atoms with Gasteiger partial charge in [-0.15, -0.1) is 0 Å². The molecule has 1 fully saturated rings. The van der Waals surface area contributed by atoms with Gasteiger partial charge in [0.1, 0.15) is 0 Å². The maximum Gasteiger partial charge on any atom is 0.0631 e. The predicted octanol–water partition coefficient (Wildman–Crippen LogP) is 2.53. The third-order valence-electron chi connectivity index (χ3n) is 4.53. The fraction of sp³-hybridized carbons (Fsp3) is 0.647. The van der Waals surface area contributed by atoms with Crippen LogP contribution in [-0.4, -0.2) is 30.0 Å². The van der Waals surface area contributed by atoms with E-state index in [1.165, 1.54) is 5.56 Å². The summed E-state index contributed by atoms with van der Waals surface area (Å²) in [6.07, 6.45) is 3.08. The van der Waals surface area contributed by atoms with Crippen LogP contribution >= 0.6 is 0 Å². The van der Waals surface area contributed by atoms with Crippen molar-refractivity contribution in [1.29, 1.82) is 0 Å². The van der Waals surface area contributed by atoms with Gasteiger partial charge in [0, 0.05) is 12.0 Å². The van der Waals surface area contributed by atoms with Crippen molar-refractivity contribution in [2.24, 2.45) is 5.73 Å². The van der Waals surface area contributed by atoms with Crippen LogP contribution in [0.4, 0.5) is 0 Å². The number of benzene rings is 1. The van der Waals surface area contributed by atoms with E-state index < -0.39 is 5.41 Å². The average Bonchev–Trinajstić information content (AvgIpc) is 2.76. The van der Waals surface area contributed by atoms with Crippen LogP contribution in [-0.2, 0) is 10.2 Å². The largest absolute Gasteiger partial charge is 0.395 e. The third kappa shape index (κ3) is 3.22. The zero-order valence-electron chi connectivity index (χ0n) is 12.9. The van der Waals surface area contributed by atoms with Gasteiger partial charge in [-0.25, -0.2) is 0 Å². The van der Waals surface area contributed by atoms with Gasteiger partial charge in [-0.1, -0.05) is 29.8 Å². The Bertz CT molecular complexity index is 435. The zero-order valence-corrected chi connectivity index (χ0v) is 12.9. The van der Waals surface area contributed by atoms with Gasteiger partial charge in [-0.05, 0) is 45.6 Å². The van der Waals surface area contributed by atoms with Gasteiger partial charge in [-0.2, -0.15) is 0 Å². The molecule has 1 aromatic rings. The highest BCUT2D eigenvalue weighted by Crippen LogP contribution is 2.37. The van der Waals surface area contributed by atoms with Crippen LogP contribution in [0.1, 0.15) is 44.2 Å². The van der Waals surface area contributed by atoms with Gasteiger partial charge in [-0.3, -0.25) is 0 Å². The highest BCUT2D eigenvalue weighted by Gasteiger charge is 2.39. The van der Waals surface area contributed by atoms with Gasteiger partial charge in [0.25, 0.3) is 0 Å². The normalized spacial score (nSPS) is 24.6. The fourth-order valence-electron chi connectivity index (χ4n) is 3.10. The fourth-order valence-corrected chi connectivity index (χ4v) is 3.10. The lowest BCUT2D eigenvalue weighted by molar-refractivity contribution is -0.0313. The Labute approximate surface area is 122 Å². The Hall–Kier alpha value is -0.900. The van der Waals surface area contributed by atoms with Crippen molar-refractivity contribution in [1.82, 2.24) is 0 Å². The molecule has 1 aromatic carbocycles. The average molecular weight is 277 g/mol. The van der Waals surface area contributed by atoms with Crippen molar-refractivity contribution in [2.75, 3.05) is 13.2 Å². The monoisotopic (exact) mass is 277 g/mol. The van der Waals surface area contributed by atoms with E-state index in [-0.39, 0.29) is 18.3 Å². The van der Waals surface area contributed by atoms with Crippen LogP contribution in [0.2, 0.25) is 0 Å². The topological polar surface area (TPSA) is 55.5 Å². The molecule has 0 radical (unpaired) electrons. The minimum Gasteiger partial charge on any atom is -0.395 e. The van der Waals surface area contributed by atoms with Gasteiger partial charge in [0.2, 0.25) is 0 Å². The molecule has 0 spiro atoms. The Balaban J connectivity index is 2.19. The lowest BCUT2D eigenvalue weighted by Crippen LogP contribution is -2.42. The van der Waals surface area contributed by atoms with Crippen molar-refractivity contribution in [3.8, 4) is 0 Å². The SMILES string of the molecule is Cc1ccc(C(CN)(CO)CC2CCC(C)(C)O2)cc1. The molecule has 1 saturated heterocycles. The van der Waals surface area contributed by atoms with E-state index in [9.17, 15) is 5.11 Å². The Morgan fingerprint density at radius 2 is 2.00 bits per heavy atom. The first-order chi connectivity index (χ1) is 9.41. The summed E-state index contributed by atoms with van der Waals surface area (Å²) in [5.41, 5.74) is 7.91. The standard InChI is InChI=1S/C17H27NO2/c1-13-4-6-14(7-5-13)17(11-18,12-19)10-15-8-9-16(2,3)20-15/h4-7,15,19H,8-12,18H2,1-3H3. The highest BCUT2D eigenvalue weighted by molar-refractivity contribution is 5.29. The van der Waals surface area contributed by atoms with E-state index in [4.69, 9.17) is 10.5 Å². The molecule has 3 nitrogen and oxygen atoms in total. The summed E-state index contributed by atoms with van der Waals surface area (Å²) >= 11 is 0. The Morgan fingerprint density at radius 1 is 1.35 bits per heavy atom. The van der Waals surface area contributed by atoms with Crippen molar-refractivity contribution in [3.63, 3.8) is 0 Å². The van der Waals surface area contributed by atoms with Crippen molar-refractivity contribution in [2.45, 2.75) is 57.2 Å². The molecular formula is C17H27NO2. The molecule has 0 saturated carbocycles. The number of nitrogens with two attached hydrogens (primary N) is 1. The van der Waals surface area contributed by atoms with Crippen LogP contribution < -0.4 is 5.73 Å². The van der Waals surface area contributed by atoms with Crippen LogP contribution in [0.15, 0.2) is 24.3 Å². The van der Waals surface area contributed by atoms with Crippen LogP contribution in [0.5, 0.6) is 0 Å². The summed E-state index contributed by atoms with van der Waals surface area (Å²) < 4.78 is 6.09. The van der Waals surface area contributed by atoms with Gasteiger partial charge >= 0.3 is 0 Å². The molecule has 2 atom stereocenters. The molecule has 20 heavy (non-hydrogen) atoms. The lowest BCUT2D eigenvalue weighted by Gasteiger charge is -2.34. The number of hydrogen-bond acceptors (Lipinski definition) is 3. The predicted molar refractivity (Wildman–Crippen MR) is 81.8 cm³/mol. The summed E-state index contributed by atoms with van der Waals surface area (Å²) in [6, 6.07) is 8.32. The number of rotatable bonds is 5. The minimum absolute atomic E-state index is 0.0479. The van der Waals surface area contributed by atoms with E-state index >= 15 is 0 Å². The van der Waals surface area contributed by atoms with Crippen molar-refractivity contribution >= 4 is 0 Å². The zero-order chi connectivity index (χ0) is 14.8. The molecule has 0 aliphatic carbocycles. The second-order valence-electron chi connectivity index (χ2n) is 6.75. The van der Waals surface area contributed by atoms with Gasteiger partial charge in [0.15, 0.2) is 0 Å². The minimum atomic E-state index is -0.390. The number of aliphatic hydroxyl groups excluding tert-OH is 1. The molecule has 3 N–H and O–H groups in total. The molecular weight excluding hydrogens is 250 g/mol. The molecule has 112 valence electrons. The smallest absolute Gasteiger partial charge is 0.0631 e. The molecule has 3 heteroatoms. The van der Waals surface area contributed by atoms with Crippen LogP contribution in [0.3, 0.4) is 0 Å². The first kappa shape index (κ1) is 15.5. The molecule has 1 aliphatic heterocycles. The van der Waals surface area contributed by atoms with Crippen LogP contribution in [0.25, 0.3) is 0 Å².